The Morgan fingerprint density at radius 2 is 1.86 bits per heavy atom. The van der Waals surface area contributed by atoms with E-state index < -0.39 is 0 Å². The van der Waals surface area contributed by atoms with Crippen molar-refractivity contribution in [2.75, 3.05) is 44.3 Å². The van der Waals surface area contributed by atoms with Gasteiger partial charge in [-0.05, 0) is 36.1 Å². The van der Waals surface area contributed by atoms with Gasteiger partial charge in [-0.1, -0.05) is 29.8 Å². The number of thioether (sulfide) groups is 1. The monoisotopic (exact) mass is 421 g/mol. The lowest BCUT2D eigenvalue weighted by Gasteiger charge is -2.34. The zero-order chi connectivity index (χ0) is 19.9. The normalized spacial score (nSPS) is 15.5. The van der Waals surface area contributed by atoms with E-state index in [0.29, 0.717) is 11.4 Å². The van der Waals surface area contributed by atoms with E-state index in [2.05, 4.69) is 15.1 Å². The van der Waals surface area contributed by atoms with E-state index in [9.17, 15) is 9.18 Å². The van der Waals surface area contributed by atoms with Crippen LogP contribution in [-0.2, 0) is 11.3 Å². The number of hydrogen-bond acceptors (Lipinski definition) is 4. The van der Waals surface area contributed by atoms with E-state index in [4.69, 9.17) is 11.6 Å². The number of nitrogens with one attached hydrogen (secondary N) is 1. The molecular weight excluding hydrogens is 397 g/mol. The first-order valence-corrected chi connectivity index (χ1v) is 11.0. The molecular formula is C21H25ClFN3OS. The summed E-state index contributed by atoms with van der Waals surface area (Å²) in [4.78, 5) is 18.0. The summed E-state index contributed by atoms with van der Waals surface area (Å²) in [6, 6.07) is 12.4. The van der Waals surface area contributed by atoms with Crippen molar-refractivity contribution in [2.45, 2.75) is 17.9 Å². The molecule has 1 aliphatic rings. The minimum absolute atomic E-state index is 0.0435. The van der Waals surface area contributed by atoms with E-state index in [1.807, 2.05) is 30.5 Å². The van der Waals surface area contributed by atoms with Gasteiger partial charge in [0.05, 0.1) is 5.69 Å². The van der Waals surface area contributed by atoms with Crippen LogP contribution < -0.4 is 5.32 Å². The number of carbonyl (C=O) groups excluding carboxylic acids is 1. The van der Waals surface area contributed by atoms with Gasteiger partial charge in [0.15, 0.2) is 0 Å². The van der Waals surface area contributed by atoms with Gasteiger partial charge in [0.1, 0.15) is 5.82 Å². The number of hydrogen-bond donors (Lipinski definition) is 1. The molecule has 1 amide bonds. The van der Waals surface area contributed by atoms with Gasteiger partial charge in [0.25, 0.3) is 0 Å². The first-order valence-electron chi connectivity index (χ1n) is 9.36. The minimum Gasteiger partial charge on any atom is -0.325 e. The lowest BCUT2D eigenvalue weighted by Crippen LogP contribution is -2.46. The third-order valence-corrected chi connectivity index (χ3v) is 6.06. The van der Waals surface area contributed by atoms with Gasteiger partial charge in [0, 0.05) is 55.6 Å². The Balaban J connectivity index is 1.41. The molecule has 1 fully saturated rings. The van der Waals surface area contributed by atoms with E-state index in [0.717, 1.165) is 55.4 Å². The van der Waals surface area contributed by atoms with Crippen LogP contribution in [0.1, 0.15) is 12.0 Å². The zero-order valence-corrected chi connectivity index (χ0v) is 17.5. The van der Waals surface area contributed by atoms with Gasteiger partial charge in [-0.15, -0.1) is 11.8 Å². The molecule has 0 aliphatic carbocycles. The van der Waals surface area contributed by atoms with Crippen molar-refractivity contribution in [3.05, 3.63) is 58.9 Å². The van der Waals surface area contributed by atoms with E-state index in [1.54, 1.807) is 17.8 Å². The molecule has 0 radical (unpaired) electrons. The van der Waals surface area contributed by atoms with Crippen LogP contribution in [0.3, 0.4) is 0 Å². The molecule has 0 spiro atoms. The molecule has 1 heterocycles. The highest BCUT2D eigenvalue weighted by molar-refractivity contribution is 7.98. The van der Waals surface area contributed by atoms with Crippen LogP contribution in [0.25, 0.3) is 0 Å². The second kappa shape index (κ2) is 10.3. The lowest BCUT2D eigenvalue weighted by atomic mass is 10.2. The molecule has 2 aromatic carbocycles. The van der Waals surface area contributed by atoms with Crippen LogP contribution >= 0.6 is 23.4 Å². The van der Waals surface area contributed by atoms with Crippen molar-refractivity contribution in [3.8, 4) is 0 Å². The zero-order valence-electron chi connectivity index (χ0n) is 16.0. The van der Waals surface area contributed by atoms with Crippen LogP contribution in [0.15, 0.2) is 47.4 Å². The number of amides is 1. The van der Waals surface area contributed by atoms with Gasteiger partial charge in [-0.2, -0.15) is 0 Å². The predicted octanol–water partition coefficient (Wildman–Crippen LogP) is 4.35. The molecule has 2 aromatic rings. The number of anilines is 1. The van der Waals surface area contributed by atoms with Gasteiger partial charge in [-0.25, -0.2) is 4.39 Å². The van der Waals surface area contributed by atoms with Gasteiger partial charge in [0.2, 0.25) is 5.91 Å². The Bertz CT molecular complexity index is 812. The van der Waals surface area contributed by atoms with Crippen molar-refractivity contribution < 1.29 is 9.18 Å². The maximum absolute atomic E-state index is 13.2. The maximum atomic E-state index is 13.2. The molecule has 4 nitrogen and oxygen atoms in total. The van der Waals surface area contributed by atoms with Crippen molar-refractivity contribution in [1.82, 2.24) is 9.80 Å². The summed E-state index contributed by atoms with van der Waals surface area (Å²) < 4.78 is 13.2. The second-order valence-corrected chi connectivity index (χ2v) is 8.11. The third-order valence-electron chi connectivity index (χ3n) is 4.91. The predicted molar refractivity (Wildman–Crippen MR) is 115 cm³/mol. The summed E-state index contributed by atoms with van der Waals surface area (Å²) in [7, 11) is 0. The maximum Gasteiger partial charge on any atom is 0.225 e. The topological polar surface area (TPSA) is 35.6 Å². The molecule has 150 valence electrons. The number of piperazine rings is 1. The molecule has 0 unspecified atom stereocenters. The summed E-state index contributed by atoms with van der Waals surface area (Å²) in [5, 5.41) is 3.49. The van der Waals surface area contributed by atoms with Crippen molar-refractivity contribution in [2.24, 2.45) is 0 Å². The quantitative estimate of drug-likeness (QED) is 0.674. The van der Waals surface area contributed by atoms with E-state index >= 15 is 0 Å². The highest BCUT2D eigenvalue weighted by Crippen LogP contribution is 2.24. The molecule has 28 heavy (non-hydrogen) atoms. The van der Waals surface area contributed by atoms with Crippen LogP contribution in [0.5, 0.6) is 0 Å². The summed E-state index contributed by atoms with van der Waals surface area (Å²) in [5.41, 5.74) is 1.82. The molecule has 0 atom stereocenters. The molecule has 1 N–H and O–H groups in total. The van der Waals surface area contributed by atoms with Crippen molar-refractivity contribution in [1.29, 1.82) is 0 Å². The summed E-state index contributed by atoms with van der Waals surface area (Å²) in [6.07, 6.45) is 2.48. The number of halogens is 2. The van der Waals surface area contributed by atoms with Gasteiger partial charge < -0.3 is 10.2 Å². The molecule has 0 saturated carbocycles. The van der Waals surface area contributed by atoms with Crippen LogP contribution in [0.4, 0.5) is 10.1 Å². The van der Waals surface area contributed by atoms with Crippen LogP contribution in [0.2, 0.25) is 5.02 Å². The highest BCUT2D eigenvalue weighted by Gasteiger charge is 2.18. The molecule has 0 aromatic heterocycles. The number of rotatable bonds is 7. The molecule has 1 saturated heterocycles. The first-order chi connectivity index (χ1) is 13.5. The lowest BCUT2D eigenvalue weighted by molar-refractivity contribution is -0.116. The average Bonchev–Trinajstić information content (AvgIpc) is 2.70. The number of carbonyl (C=O) groups is 1. The largest absolute Gasteiger partial charge is 0.325 e. The first kappa shape index (κ1) is 21.1. The Labute approximate surface area is 175 Å². The van der Waals surface area contributed by atoms with Crippen molar-refractivity contribution in [3.63, 3.8) is 0 Å². The fourth-order valence-corrected chi connectivity index (χ4v) is 4.06. The highest BCUT2D eigenvalue weighted by atomic mass is 35.5. The summed E-state index contributed by atoms with van der Waals surface area (Å²) in [5.74, 6) is -0.265. The van der Waals surface area contributed by atoms with Crippen molar-refractivity contribution >= 4 is 35.0 Å². The summed E-state index contributed by atoms with van der Waals surface area (Å²) >= 11 is 7.75. The molecule has 0 bridgehead atoms. The molecule has 7 heteroatoms. The molecule has 1 aliphatic heterocycles. The Morgan fingerprint density at radius 1 is 1.14 bits per heavy atom. The van der Waals surface area contributed by atoms with E-state index in [-0.39, 0.29) is 11.7 Å². The van der Waals surface area contributed by atoms with Crippen LogP contribution in [0, 0.1) is 5.82 Å². The SMILES string of the molecule is CSc1ccccc1NC(=O)CCN1CCN(Cc2ccc(F)cc2Cl)CC1. The number of para-hydroxylation sites is 1. The van der Waals surface area contributed by atoms with Gasteiger partial charge >= 0.3 is 0 Å². The van der Waals surface area contributed by atoms with E-state index in [1.165, 1.54) is 12.1 Å². The summed E-state index contributed by atoms with van der Waals surface area (Å²) in [6.45, 7) is 5.10. The molecule has 3 rings (SSSR count). The fraction of sp³-hybridized carbons (Fsp3) is 0.381. The second-order valence-electron chi connectivity index (χ2n) is 6.85. The number of benzene rings is 2. The Hall–Kier alpha value is -1.60. The smallest absolute Gasteiger partial charge is 0.225 e. The Morgan fingerprint density at radius 3 is 2.57 bits per heavy atom. The average molecular weight is 422 g/mol. The third kappa shape index (κ3) is 5.95. The number of nitrogens with zero attached hydrogens (tertiary/aromatic N) is 2. The minimum atomic E-state index is -0.308. The Kier molecular flexibility index (Phi) is 7.73. The van der Waals surface area contributed by atoms with Gasteiger partial charge in [-0.3, -0.25) is 9.69 Å². The van der Waals surface area contributed by atoms with Crippen LogP contribution in [-0.4, -0.2) is 54.7 Å². The fourth-order valence-electron chi connectivity index (χ4n) is 3.28. The standard InChI is InChI=1S/C21H25ClFN3OS/c1-28-20-5-3-2-4-19(20)24-21(27)8-9-25-10-12-26(13-11-25)15-16-6-7-17(23)14-18(16)22/h2-7,14H,8-13,15H2,1H3,(H,24,27).